The molecule has 31 heavy (non-hydrogen) atoms. The van der Waals surface area contributed by atoms with Crippen LogP contribution in [0.3, 0.4) is 0 Å². The zero-order valence-electron chi connectivity index (χ0n) is 17.0. The Bertz CT molecular complexity index is 902. The van der Waals surface area contributed by atoms with E-state index in [1.54, 1.807) is 24.3 Å². The van der Waals surface area contributed by atoms with Gasteiger partial charge in [-0.05, 0) is 50.2 Å². The van der Waals surface area contributed by atoms with Gasteiger partial charge in [0.15, 0.2) is 0 Å². The van der Waals surface area contributed by atoms with Gasteiger partial charge < -0.3 is 9.47 Å². The monoisotopic (exact) mass is 552 g/mol. The quantitative estimate of drug-likeness (QED) is 0.264. The number of halogens is 2. The molecule has 0 aliphatic carbocycles. The second kappa shape index (κ2) is 12.9. The summed E-state index contributed by atoms with van der Waals surface area (Å²) >= 11 is 6.75. The van der Waals surface area contributed by atoms with E-state index in [9.17, 15) is 9.59 Å². The van der Waals surface area contributed by atoms with Gasteiger partial charge in [-0.2, -0.15) is 10.2 Å². The average Bonchev–Trinajstić information content (AvgIpc) is 2.72. The van der Waals surface area contributed by atoms with E-state index in [2.05, 4.69) is 52.9 Å². The molecule has 0 spiro atoms. The number of rotatable bonds is 10. The standard InChI is InChI=1S/C21H22Br2N4O4/c1-3-30-18-7-5-16(22)9-14(18)12-24-26-20(28)11-21(29)27-25-13-15-10-17(23)6-8-19(15)31-4-2/h5-10,12-13H,3-4,11H2,1-2H3,(H,26,28)(H,27,29)/b24-12-,25-13-. The first-order chi connectivity index (χ1) is 14.9. The van der Waals surface area contributed by atoms with E-state index in [4.69, 9.17) is 9.47 Å². The lowest BCUT2D eigenvalue weighted by molar-refractivity contribution is -0.129. The fourth-order valence-electron chi connectivity index (χ4n) is 2.39. The molecule has 0 fully saturated rings. The number of nitrogens with one attached hydrogen (secondary N) is 2. The average molecular weight is 554 g/mol. The molecule has 0 radical (unpaired) electrons. The van der Waals surface area contributed by atoms with Crippen molar-refractivity contribution in [2.45, 2.75) is 20.3 Å². The molecule has 2 amide bonds. The molecule has 0 saturated carbocycles. The van der Waals surface area contributed by atoms with Gasteiger partial charge in [-0.15, -0.1) is 0 Å². The van der Waals surface area contributed by atoms with Crippen LogP contribution in [-0.4, -0.2) is 37.5 Å². The summed E-state index contributed by atoms with van der Waals surface area (Å²) in [5.41, 5.74) is 6.00. The van der Waals surface area contributed by atoms with E-state index < -0.39 is 18.2 Å². The van der Waals surface area contributed by atoms with Gasteiger partial charge in [-0.1, -0.05) is 31.9 Å². The molecule has 2 aromatic carbocycles. The van der Waals surface area contributed by atoms with Gasteiger partial charge in [0.25, 0.3) is 0 Å². The van der Waals surface area contributed by atoms with Gasteiger partial charge in [0, 0.05) is 20.1 Å². The van der Waals surface area contributed by atoms with Crippen LogP contribution < -0.4 is 20.3 Å². The van der Waals surface area contributed by atoms with Gasteiger partial charge in [0.05, 0.1) is 25.6 Å². The Morgan fingerprint density at radius 3 is 1.65 bits per heavy atom. The van der Waals surface area contributed by atoms with Crippen LogP contribution in [0.25, 0.3) is 0 Å². The Hall–Kier alpha value is -2.72. The summed E-state index contributed by atoms with van der Waals surface area (Å²) < 4.78 is 12.7. The number of ether oxygens (including phenoxy) is 2. The topological polar surface area (TPSA) is 101 Å². The zero-order valence-corrected chi connectivity index (χ0v) is 20.2. The molecule has 0 aliphatic heterocycles. The molecule has 0 aromatic heterocycles. The summed E-state index contributed by atoms with van der Waals surface area (Å²) in [5.74, 6) is 0.119. The first kappa shape index (κ1) is 24.5. The minimum absolute atomic E-state index is 0.428. The molecule has 0 unspecified atom stereocenters. The zero-order chi connectivity index (χ0) is 22.6. The molecule has 0 aliphatic rings. The number of carbonyl (C=O) groups excluding carboxylic acids is 2. The SMILES string of the molecule is CCOc1ccc(Br)cc1/C=N\NC(=O)CC(=O)N/N=C\c1cc(Br)ccc1OCC. The number of hydrogen-bond donors (Lipinski definition) is 2. The van der Waals surface area contributed by atoms with Gasteiger partial charge in [-0.25, -0.2) is 10.9 Å². The number of amides is 2. The molecule has 0 saturated heterocycles. The van der Waals surface area contributed by atoms with E-state index in [1.165, 1.54) is 12.4 Å². The van der Waals surface area contributed by atoms with Crippen molar-refractivity contribution >= 4 is 56.1 Å². The van der Waals surface area contributed by atoms with Crippen LogP contribution in [0.4, 0.5) is 0 Å². The maximum absolute atomic E-state index is 11.9. The summed E-state index contributed by atoms with van der Waals surface area (Å²) in [6.07, 6.45) is 2.47. The van der Waals surface area contributed by atoms with Gasteiger partial charge in [0.2, 0.25) is 11.8 Å². The van der Waals surface area contributed by atoms with Gasteiger partial charge >= 0.3 is 0 Å². The Morgan fingerprint density at radius 2 is 1.26 bits per heavy atom. The molecular formula is C21H22Br2N4O4. The van der Waals surface area contributed by atoms with Crippen molar-refractivity contribution in [3.8, 4) is 11.5 Å². The smallest absolute Gasteiger partial charge is 0.249 e. The summed E-state index contributed by atoms with van der Waals surface area (Å²) in [6, 6.07) is 10.9. The van der Waals surface area contributed by atoms with Crippen LogP contribution in [0.15, 0.2) is 55.5 Å². The van der Waals surface area contributed by atoms with E-state index in [0.29, 0.717) is 35.8 Å². The van der Waals surface area contributed by atoms with Crippen LogP contribution in [0.5, 0.6) is 11.5 Å². The molecule has 164 valence electrons. The summed E-state index contributed by atoms with van der Waals surface area (Å²) in [4.78, 5) is 23.9. The molecule has 2 N–H and O–H groups in total. The number of carbonyl (C=O) groups is 2. The lowest BCUT2D eigenvalue weighted by Crippen LogP contribution is -2.27. The largest absolute Gasteiger partial charge is 0.493 e. The Morgan fingerprint density at radius 1 is 0.839 bits per heavy atom. The van der Waals surface area contributed by atoms with Crippen LogP contribution in [0, 0.1) is 0 Å². The summed E-state index contributed by atoms with van der Waals surface area (Å²) in [7, 11) is 0. The first-order valence-corrected chi connectivity index (χ1v) is 11.0. The second-order valence-corrected chi connectivity index (χ2v) is 7.82. The maximum Gasteiger partial charge on any atom is 0.249 e. The molecule has 2 rings (SSSR count). The van der Waals surface area contributed by atoms with E-state index >= 15 is 0 Å². The summed E-state index contributed by atoms with van der Waals surface area (Å²) in [5, 5.41) is 7.77. The van der Waals surface area contributed by atoms with Crippen LogP contribution in [-0.2, 0) is 9.59 Å². The highest BCUT2D eigenvalue weighted by molar-refractivity contribution is 9.10. The van der Waals surface area contributed by atoms with Gasteiger partial charge in [-0.3, -0.25) is 9.59 Å². The van der Waals surface area contributed by atoms with Crippen molar-refractivity contribution in [3.05, 3.63) is 56.5 Å². The molecule has 10 heteroatoms. The van der Waals surface area contributed by atoms with Crippen molar-refractivity contribution in [1.82, 2.24) is 10.9 Å². The van der Waals surface area contributed by atoms with Crippen LogP contribution >= 0.6 is 31.9 Å². The van der Waals surface area contributed by atoms with Gasteiger partial charge in [0.1, 0.15) is 17.9 Å². The Kier molecular flexibility index (Phi) is 10.2. The molecule has 0 bridgehead atoms. The molecule has 0 heterocycles. The number of hydrazone groups is 2. The number of hydrogen-bond acceptors (Lipinski definition) is 6. The molecule has 0 atom stereocenters. The predicted molar refractivity (Wildman–Crippen MR) is 127 cm³/mol. The third kappa shape index (κ3) is 8.50. The van der Waals surface area contributed by atoms with Crippen molar-refractivity contribution in [3.63, 3.8) is 0 Å². The van der Waals surface area contributed by atoms with Crippen LogP contribution in [0.1, 0.15) is 31.4 Å². The van der Waals surface area contributed by atoms with Crippen molar-refractivity contribution < 1.29 is 19.1 Å². The fourth-order valence-corrected chi connectivity index (χ4v) is 3.14. The third-order valence-corrected chi connectivity index (χ3v) is 4.64. The highest BCUT2D eigenvalue weighted by Crippen LogP contribution is 2.22. The highest BCUT2D eigenvalue weighted by atomic mass is 79.9. The van der Waals surface area contributed by atoms with E-state index in [1.807, 2.05) is 26.0 Å². The highest BCUT2D eigenvalue weighted by Gasteiger charge is 2.08. The minimum Gasteiger partial charge on any atom is -0.493 e. The van der Waals surface area contributed by atoms with Crippen molar-refractivity contribution in [1.29, 1.82) is 0 Å². The number of nitrogens with zero attached hydrogens (tertiary/aromatic N) is 2. The normalized spacial score (nSPS) is 11.0. The molecule has 2 aromatic rings. The fraction of sp³-hybridized carbons (Fsp3) is 0.238. The predicted octanol–water partition coefficient (Wildman–Crippen LogP) is 4.00. The second-order valence-electron chi connectivity index (χ2n) is 5.99. The lowest BCUT2D eigenvalue weighted by Gasteiger charge is -2.07. The van der Waals surface area contributed by atoms with Crippen LogP contribution in [0.2, 0.25) is 0 Å². The molecular weight excluding hydrogens is 532 g/mol. The minimum atomic E-state index is -0.575. The molecule has 8 nitrogen and oxygen atoms in total. The Balaban J connectivity index is 1.88. The maximum atomic E-state index is 11.9. The lowest BCUT2D eigenvalue weighted by atomic mass is 10.2. The van der Waals surface area contributed by atoms with Crippen molar-refractivity contribution in [2.24, 2.45) is 10.2 Å². The third-order valence-electron chi connectivity index (χ3n) is 3.65. The summed E-state index contributed by atoms with van der Waals surface area (Å²) in [6.45, 7) is 4.75. The Labute approximate surface area is 197 Å². The number of benzene rings is 2. The van der Waals surface area contributed by atoms with E-state index in [0.717, 1.165) is 8.95 Å². The van der Waals surface area contributed by atoms with Crippen molar-refractivity contribution in [2.75, 3.05) is 13.2 Å². The first-order valence-electron chi connectivity index (χ1n) is 9.41. The van der Waals surface area contributed by atoms with E-state index in [-0.39, 0.29) is 0 Å².